The molecule has 0 saturated carbocycles. The van der Waals surface area contributed by atoms with Crippen molar-refractivity contribution in [2.75, 3.05) is 18.0 Å². The predicted molar refractivity (Wildman–Crippen MR) is 107 cm³/mol. The number of imidazole rings is 1. The zero-order valence-electron chi connectivity index (χ0n) is 15.9. The second kappa shape index (κ2) is 7.06. The van der Waals surface area contributed by atoms with Crippen molar-refractivity contribution in [2.45, 2.75) is 33.2 Å². The quantitative estimate of drug-likeness (QED) is 0.761. The Morgan fingerprint density at radius 3 is 2.63 bits per heavy atom. The highest BCUT2D eigenvalue weighted by atomic mass is 16.4. The first-order valence-electron chi connectivity index (χ1n) is 9.52. The second-order valence-electron chi connectivity index (χ2n) is 7.52. The number of hydrogen-bond donors (Lipinski definition) is 1. The van der Waals surface area contributed by atoms with Gasteiger partial charge in [-0.15, -0.1) is 0 Å². The minimum Gasteiger partial charge on any atom is -0.481 e. The molecule has 4 rings (SSSR count). The van der Waals surface area contributed by atoms with E-state index in [2.05, 4.69) is 47.6 Å². The van der Waals surface area contributed by atoms with Crippen LogP contribution in [0.1, 0.15) is 29.5 Å². The lowest BCUT2D eigenvalue weighted by Crippen LogP contribution is -2.37. The van der Waals surface area contributed by atoms with Gasteiger partial charge in [0.25, 0.3) is 0 Å². The fourth-order valence-corrected chi connectivity index (χ4v) is 3.93. The highest BCUT2D eigenvalue weighted by molar-refractivity contribution is 5.79. The highest BCUT2D eigenvalue weighted by Crippen LogP contribution is 2.28. The molecular formula is C22H25N3O2. The van der Waals surface area contributed by atoms with Crippen LogP contribution in [0.4, 0.5) is 5.95 Å². The summed E-state index contributed by atoms with van der Waals surface area (Å²) in [6.45, 7) is 6.49. The van der Waals surface area contributed by atoms with Gasteiger partial charge in [0.15, 0.2) is 0 Å². The van der Waals surface area contributed by atoms with Crippen LogP contribution in [0, 0.1) is 19.8 Å². The summed E-state index contributed by atoms with van der Waals surface area (Å²) < 4.78 is 2.28. The molecule has 0 spiro atoms. The van der Waals surface area contributed by atoms with Crippen LogP contribution in [0.5, 0.6) is 0 Å². The molecule has 1 N–H and O–H groups in total. The minimum absolute atomic E-state index is 0.238. The summed E-state index contributed by atoms with van der Waals surface area (Å²) in [7, 11) is 0. The second-order valence-corrected chi connectivity index (χ2v) is 7.52. The number of rotatable bonds is 4. The Morgan fingerprint density at radius 2 is 1.89 bits per heavy atom. The molecule has 0 unspecified atom stereocenters. The first kappa shape index (κ1) is 17.6. The van der Waals surface area contributed by atoms with E-state index in [0.717, 1.165) is 36.6 Å². The molecule has 3 aromatic rings. The van der Waals surface area contributed by atoms with Gasteiger partial charge in [-0.05, 0) is 49.9 Å². The van der Waals surface area contributed by atoms with Crippen LogP contribution >= 0.6 is 0 Å². The lowest BCUT2D eigenvalue weighted by molar-refractivity contribution is -0.142. The van der Waals surface area contributed by atoms with Crippen molar-refractivity contribution in [1.29, 1.82) is 0 Å². The number of carbonyl (C=O) groups is 1. The maximum Gasteiger partial charge on any atom is 0.306 e. The van der Waals surface area contributed by atoms with Gasteiger partial charge in [-0.2, -0.15) is 0 Å². The standard InChI is InChI=1S/C22H25N3O2/c1-15-7-8-16(2)18(13-15)14-25-20-6-4-3-5-19(20)23-22(25)24-11-9-17(10-12-24)21(26)27/h3-8,13,17H,9-12,14H2,1-2H3,(H,26,27). The summed E-state index contributed by atoms with van der Waals surface area (Å²) in [6.07, 6.45) is 1.34. The number of aryl methyl sites for hydroxylation is 2. The van der Waals surface area contributed by atoms with Crippen molar-refractivity contribution in [2.24, 2.45) is 5.92 Å². The first-order valence-corrected chi connectivity index (χ1v) is 9.52. The number of fused-ring (bicyclic) bond motifs is 1. The Labute approximate surface area is 159 Å². The van der Waals surface area contributed by atoms with Crippen molar-refractivity contribution in [1.82, 2.24) is 9.55 Å². The van der Waals surface area contributed by atoms with E-state index in [0.29, 0.717) is 12.8 Å². The van der Waals surface area contributed by atoms with Crippen molar-refractivity contribution in [3.63, 3.8) is 0 Å². The smallest absolute Gasteiger partial charge is 0.306 e. The van der Waals surface area contributed by atoms with Crippen LogP contribution in [-0.4, -0.2) is 33.7 Å². The predicted octanol–water partition coefficient (Wildman–Crippen LogP) is 4.00. The van der Waals surface area contributed by atoms with Crippen molar-refractivity contribution < 1.29 is 9.90 Å². The average Bonchev–Trinajstić information content (AvgIpc) is 3.03. The Kier molecular flexibility index (Phi) is 4.60. The Balaban J connectivity index is 1.72. The molecule has 1 fully saturated rings. The number of benzene rings is 2. The van der Waals surface area contributed by atoms with Crippen LogP contribution in [-0.2, 0) is 11.3 Å². The first-order chi connectivity index (χ1) is 13.0. The molecular weight excluding hydrogens is 338 g/mol. The van der Waals surface area contributed by atoms with Crippen LogP contribution in [0.15, 0.2) is 42.5 Å². The lowest BCUT2D eigenvalue weighted by Gasteiger charge is -2.31. The van der Waals surface area contributed by atoms with Gasteiger partial charge in [-0.1, -0.05) is 35.9 Å². The molecule has 0 amide bonds. The van der Waals surface area contributed by atoms with Gasteiger partial charge in [-0.25, -0.2) is 4.98 Å². The van der Waals surface area contributed by atoms with Gasteiger partial charge < -0.3 is 14.6 Å². The molecule has 2 heterocycles. The normalized spacial score (nSPS) is 15.4. The van der Waals surface area contributed by atoms with E-state index in [1.54, 1.807) is 0 Å². The molecule has 1 aliphatic heterocycles. The maximum absolute atomic E-state index is 11.3. The van der Waals surface area contributed by atoms with Crippen LogP contribution in [0.2, 0.25) is 0 Å². The van der Waals surface area contributed by atoms with E-state index < -0.39 is 5.97 Å². The summed E-state index contributed by atoms with van der Waals surface area (Å²) >= 11 is 0. The average molecular weight is 363 g/mol. The number of aromatic nitrogens is 2. The fourth-order valence-electron chi connectivity index (χ4n) is 3.93. The van der Waals surface area contributed by atoms with Gasteiger partial charge in [0.2, 0.25) is 5.95 Å². The number of anilines is 1. The van der Waals surface area contributed by atoms with E-state index in [1.807, 2.05) is 18.2 Å². The van der Waals surface area contributed by atoms with E-state index in [9.17, 15) is 9.90 Å². The largest absolute Gasteiger partial charge is 0.481 e. The molecule has 140 valence electrons. The maximum atomic E-state index is 11.3. The third-order valence-electron chi connectivity index (χ3n) is 5.59. The number of piperidine rings is 1. The number of carboxylic acids is 1. The van der Waals surface area contributed by atoms with Gasteiger partial charge in [-0.3, -0.25) is 4.79 Å². The van der Waals surface area contributed by atoms with Crippen LogP contribution < -0.4 is 4.90 Å². The monoisotopic (exact) mass is 363 g/mol. The Hall–Kier alpha value is -2.82. The minimum atomic E-state index is -0.682. The molecule has 27 heavy (non-hydrogen) atoms. The molecule has 5 heteroatoms. The van der Waals surface area contributed by atoms with Crippen LogP contribution in [0.25, 0.3) is 11.0 Å². The number of nitrogens with zero attached hydrogens (tertiary/aromatic N) is 3. The van der Waals surface area contributed by atoms with Crippen molar-refractivity contribution in [3.8, 4) is 0 Å². The van der Waals surface area contributed by atoms with E-state index >= 15 is 0 Å². The van der Waals surface area contributed by atoms with E-state index in [1.165, 1.54) is 16.7 Å². The molecule has 0 radical (unpaired) electrons. The SMILES string of the molecule is Cc1ccc(C)c(Cn2c(N3CCC(C(=O)O)CC3)nc3ccccc32)c1. The van der Waals surface area contributed by atoms with Crippen molar-refractivity contribution >= 4 is 23.0 Å². The summed E-state index contributed by atoms with van der Waals surface area (Å²) in [5.74, 6) is 0.0255. The third-order valence-corrected chi connectivity index (χ3v) is 5.59. The molecule has 5 nitrogen and oxygen atoms in total. The highest BCUT2D eigenvalue weighted by Gasteiger charge is 2.27. The summed E-state index contributed by atoms with van der Waals surface area (Å²) in [4.78, 5) is 18.4. The van der Waals surface area contributed by atoms with Gasteiger partial charge >= 0.3 is 5.97 Å². The van der Waals surface area contributed by atoms with E-state index in [-0.39, 0.29) is 5.92 Å². The van der Waals surface area contributed by atoms with Gasteiger partial charge in [0.1, 0.15) is 0 Å². The topological polar surface area (TPSA) is 58.4 Å². The van der Waals surface area contributed by atoms with Crippen LogP contribution in [0.3, 0.4) is 0 Å². The molecule has 0 bridgehead atoms. The molecule has 2 aromatic carbocycles. The van der Waals surface area contributed by atoms with Gasteiger partial charge in [0, 0.05) is 13.1 Å². The number of aliphatic carboxylic acids is 1. The molecule has 0 aliphatic carbocycles. The number of hydrogen-bond acceptors (Lipinski definition) is 3. The van der Waals surface area contributed by atoms with E-state index in [4.69, 9.17) is 4.98 Å². The lowest BCUT2D eigenvalue weighted by atomic mass is 9.97. The van der Waals surface area contributed by atoms with Gasteiger partial charge in [0.05, 0.1) is 23.5 Å². The van der Waals surface area contributed by atoms with Crippen molar-refractivity contribution in [3.05, 3.63) is 59.2 Å². The Bertz CT molecular complexity index is 984. The molecule has 1 saturated heterocycles. The molecule has 1 aliphatic rings. The molecule has 0 atom stereocenters. The summed E-state index contributed by atoms with van der Waals surface area (Å²) in [5.41, 5.74) is 5.92. The molecule has 1 aromatic heterocycles. The summed E-state index contributed by atoms with van der Waals surface area (Å²) in [5, 5.41) is 9.28. The Morgan fingerprint density at radius 1 is 1.15 bits per heavy atom. The third kappa shape index (κ3) is 3.42. The number of carboxylic acid groups (broad SMARTS) is 1. The zero-order valence-corrected chi connectivity index (χ0v) is 15.9. The number of para-hydroxylation sites is 2. The summed E-state index contributed by atoms with van der Waals surface area (Å²) in [6, 6.07) is 14.8. The zero-order chi connectivity index (χ0) is 19.0. The fraction of sp³-hybridized carbons (Fsp3) is 0.364.